The number of nitrogens with zero attached hydrogens (tertiary/aromatic N) is 2. The van der Waals surface area contributed by atoms with E-state index in [1.54, 1.807) is 17.6 Å². The van der Waals surface area contributed by atoms with Crippen molar-refractivity contribution in [3.8, 4) is 0 Å². The number of guanidine groups is 1. The molecule has 88 valence electrons. The zero-order valence-corrected chi connectivity index (χ0v) is 9.86. The van der Waals surface area contributed by atoms with Crippen LogP contribution in [0.15, 0.2) is 22.3 Å². The Hall–Kier alpha value is -1.89. The van der Waals surface area contributed by atoms with Gasteiger partial charge in [-0.05, 0) is 19.1 Å². The lowest BCUT2D eigenvalue weighted by Crippen LogP contribution is -2.21. The SMILES string of the molecule is CC(=O)O.Cc1ccc(C=NN=C(N)N)s1. The van der Waals surface area contributed by atoms with E-state index in [1.807, 2.05) is 19.1 Å². The zero-order valence-electron chi connectivity index (χ0n) is 9.04. The Morgan fingerprint density at radius 1 is 1.50 bits per heavy atom. The molecule has 0 saturated heterocycles. The van der Waals surface area contributed by atoms with Crippen LogP contribution in [-0.2, 0) is 4.79 Å². The van der Waals surface area contributed by atoms with Crippen molar-refractivity contribution in [3.63, 3.8) is 0 Å². The quantitative estimate of drug-likeness (QED) is 0.403. The fourth-order valence-corrected chi connectivity index (χ4v) is 1.42. The molecule has 0 spiro atoms. The first-order valence-corrected chi connectivity index (χ1v) is 5.11. The molecule has 0 unspecified atom stereocenters. The van der Waals surface area contributed by atoms with Gasteiger partial charge in [0.2, 0.25) is 5.96 Å². The van der Waals surface area contributed by atoms with Crippen LogP contribution in [0.3, 0.4) is 0 Å². The zero-order chi connectivity index (χ0) is 12.6. The molecule has 0 aliphatic heterocycles. The number of carboxylic acid groups (broad SMARTS) is 1. The van der Waals surface area contributed by atoms with Gasteiger partial charge in [-0.2, -0.15) is 5.10 Å². The summed E-state index contributed by atoms with van der Waals surface area (Å²) in [5.74, 6) is -0.862. The van der Waals surface area contributed by atoms with E-state index in [1.165, 1.54) is 4.88 Å². The van der Waals surface area contributed by atoms with Gasteiger partial charge in [-0.3, -0.25) is 4.79 Å². The molecule has 0 radical (unpaired) electrons. The van der Waals surface area contributed by atoms with Gasteiger partial charge in [-0.25, -0.2) is 0 Å². The Labute approximate surface area is 97.3 Å². The number of rotatable bonds is 2. The molecule has 0 amide bonds. The molecule has 0 saturated carbocycles. The highest BCUT2D eigenvalue weighted by molar-refractivity contribution is 7.13. The molecule has 16 heavy (non-hydrogen) atoms. The van der Waals surface area contributed by atoms with Crippen molar-refractivity contribution in [2.24, 2.45) is 21.7 Å². The van der Waals surface area contributed by atoms with Crippen molar-refractivity contribution >= 4 is 29.5 Å². The summed E-state index contributed by atoms with van der Waals surface area (Å²) >= 11 is 1.64. The van der Waals surface area contributed by atoms with Gasteiger partial charge in [0.1, 0.15) is 0 Å². The van der Waals surface area contributed by atoms with Crippen molar-refractivity contribution in [2.45, 2.75) is 13.8 Å². The lowest BCUT2D eigenvalue weighted by molar-refractivity contribution is -0.134. The second-order valence-corrected chi connectivity index (χ2v) is 4.06. The highest BCUT2D eigenvalue weighted by Gasteiger charge is 1.90. The second kappa shape index (κ2) is 7.41. The summed E-state index contributed by atoms with van der Waals surface area (Å²) in [5.41, 5.74) is 10.2. The van der Waals surface area contributed by atoms with Crippen LogP contribution in [0.1, 0.15) is 16.7 Å². The maximum absolute atomic E-state index is 9.00. The lowest BCUT2D eigenvalue weighted by atomic mass is 10.4. The predicted molar refractivity (Wildman–Crippen MR) is 65.8 cm³/mol. The van der Waals surface area contributed by atoms with Gasteiger partial charge in [0.05, 0.1) is 6.21 Å². The smallest absolute Gasteiger partial charge is 0.300 e. The summed E-state index contributed by atoms with van der Waals surface area (Å²) in [6.45, 7) is 3.11. The predicted octanol–water partition coefficient (Wildman–Crippen LogP) is 0.755. The van der Waals surface area contributed by atoms with Crippen LogP contribution in [0.2, 0.25) is 0 Å². The Kier molecular flexibility index (Phi) is 6.53. The summed E-state index contributed by atoms with van der Waals surface area (Å²) in [6.07, 6.45) is 1.62. The molecule has 0 atom stereocenters. The van der Waals surface area contributed by atoms with Gasteiger partial charge in [0.25, 0.3) is 5.97 Å². The van der Waals surface area contributed by atoms with E-state index >= 15 is 0 Å². The molecule has 1 aromatic rings. The van der Waals surface area contributed by atoms with Gasteiger partial charge in [-0.1, -0.05) is 0 Å². The van der Waals surface area contributed by atoms with Gasteiger partial charge >= 0.3 is 0 Å². The summed E-state index contributed by atoms with van der Waals surface area (Å²) in [6, 6.07) is 3.98. The molecule has 1 rings (SSSR count). The van der Waals surface area contributed by atoms with Crippen LogP contribution >= 0.6 is 11.3 Å². The van der Waals surface area contributed by atoms with Crippen molar-refractivity contribution in [2.75, 3.05) is 0 Å². The van der Waals surface area contributed by atoms with E-state index < -0.39 is 5.97 Å². The third-order valence-corrected chi connectivity index (χ3v) is 2.05. The molecule has 1 heterocycles. The van der Waals surface area contributed by atoms with Crippen LogP contribution in [0.25, 0.3) is 0 Å². The number of nitrogens with two attached hydrogens (primary N) is 2. The Morgan fingerprint density at radius 3 is 2.44 bits per heavy atom. The van der Waals surface area contributed by atoms with Crippen molar-refractivity contribution in [1.82, 2.24) is 0 Å². The monoisotopic (exact) mass is 242 g/mol. The fourth-order valence-electron chi connectivity index (χ4n) is 0.675. The summed E-state index contributed by atoms with van der Waals surface area (Å²) < 4.78 is 0. The maximum atomic E-state index is 9.00. The minimum absolute atomic E-state index is 0.0282. The standard InChI is InChI=1S/C7H10N4S.C2H4O2/c1-5-2-3-6(12-5)4-10-11-7(8)9;1-2(3)4/h2-4H,1H3,(H4,8,9,11);1H3,(H,3,4). The molecule has 0 aliphatic carbocycles. The third kappa shape index (κ3) is 8.70. The molecule has 0 fully saturated rings. The number of hydrogen-bond donors (Lipinski definition) is 3. The first kappa shape index (κ1) is 14.1. The van der Waals surface area contributed by atoms with Crippen LogP contribution in [0.5, 0.6) is 0 Å². The Balaban J connectivity index is 0.000000487. The van der Waals surface area contributed by atoms with Crippen LogP contribution in [0.4, 0.5) is 0 Å². The van der Waals surface area contributed by atoms with Crippen LogP contribution < -0.4 is 11.5 Å². The molecular weight excluding hydrogens is 228 g/mol. The highest BCUT2D eigenvalue weighted by Crippen LogP contribution is 2.12. The first-order chi connectivity index (χ1) is 7.41. The molecule has 1 aromatic heterocycles. The van der Waals surface area contributed by atoms with Crippen LogP contribution in [0, 0.1) is 6.92 Å². The molecule has 0 aliphatic rings. The second-order valence-electron chi connectivity index (χ2n) is 2.74. The molecule has 7 heteroatoms. The van der Waals surface area contributed by atoms with E-state index in [-0.39, 0.29) is 5.96 Å². The third-order valence-electron chi connectivity index (χ3n) is 1.12. The van der Waals surface area contributed by atoms with E-state index in [2.05, 4.69) is 10.2 Å². The van der Waals surface area contributed by atoms with Gasteiger partial charge in [-0.15, -0.1) is 16.4 Å². The van der Waals surface area contributed by atoms with Crippen molar-refractivity contribution < 1.29 is 9.90 Å². The van der Waals surface area contributed by atoms with Crippen molar-refractivity contribution in [1.29, 1.82) is 0 Å². The molecule has 0 bridgehead atoms. The Morgan fingerprint density at radius 2 is 2.06 bits per heavy atom. The highest BCUT2D eigenvalue weighted by atomic mass is 32.1. The van der Waals surface area contributed by atoms with Crippen LogP contribution in [-0.4, -0.2) is 23.2 Å². The van der Waals surface area contributed by atoms with Gasteiger partial charge < -0.3 is 16.6 Å². The van der Waals surface area contributed by atoms with Crippen molar-refractivity contribution in [3.05, 3.63) is 21.9 Å². The minimum atomic E-state index is -0.833. The van der Waals surface area contributed by atoms with Gasteiger partial charge in [0, 0.05) is 16.7 Å². The van der Waals surface area contributed by atoms with E-state index in [0.29, 0.717) is 0 Å². The fraction of sp³-hybridized carbons (Fsp3) is 0.222. The topological polar surface area (TPSA) is 114 Å². The maximum Gasteiger partial charge on any atom is 0.300 e. The lowest BCUT2D eigenvalue weighted by Gasteiger charge is -1.82. The van der Waals surface area contributed by atoms with E-state index in [9.17, 15) is 0 Å². The largest absolute Gasteiger partial charge is 0.481 e. The first-order valence-electron chi connectivity index (χ1n) is 4.29. The van der Waals surface area contributed by atoms with Gasteiger partial charge in [0.15, 0.2) is 0 Å². The summed E-state index contributed by atoms with van der Waals surface area (Å²) in [4.78, 5) is 11.3. The summed E-state index contributed by atoms with van der Waals surface area (Å²) in [7, 11) is 0. The number of aliphatic carboxylic acids is 1. The average Bonchev–Trinajstić information content (AvgIpc) is 2.49. The Bertz CT molecular complexity index is 390. The number of carboxylic acids is 1. The number of aryl methyl sites for hydroxylation is 1. The number of thiophene rings is 1. The molecular formula is C9H14N4O2S. The minimum Gasteiger partial charge on any atom is -0.481 e. The van der Waals surface area contributed by atoms with E-state index in [0.717, 1.165) is 11.8 Å². The molecule has 0 aromatic carbocycles. The average molecular weight is 242 g/mol. The number of carbonyl (C=O) groups is 1. The number of hydrogen-bond acceptors (Lipinski definition) is 4. The van der Waals surface area contributed by atoms with E-state index in [4.69, 9.17) is 21.4 Å². The summed E-state index contributed by atoms with van der Waals surface area (Å²) in [5, 5.41) is 14.6. The normalized spacial score (nSPS) is 9.38. The molecule has 5 N–H and O–H groups in total. The molecule has 6 nitrogen and oxygen atoms in total.